The van der Waals surface area contributed by atoms with Crippen LogP contribution in [0.25, 0.3) is 0 Å². The van der Waals surface area contributed by atoms with Gasteiger partial charge in [0.15, 0.2) is 0 Å². The van der Waals surface area contributed by atoms with Crippen molar-refractivity contribution in [3.05, 3.63) is 29.8 Å². The highest BCUT2D eigenvalue weighted by molar-refractivity contribution is 5.29. The van der Waals surface area contributed by atoms with Crippen molar-refractivity contribution in [2.45, 2.75) is 44.5 Å². The number of methoxy groups -OCH3 is 1. The van der Waals surface area contributed by atoms with E-state index in [1.54, 1.807) is 7.11 Å². The summed E-state index contributed by atoms with van der Waals surface area (Å²) in [7, 11) is 1.60. The van der Waals surface area contributed by atoms with Gasteiger partial charge in [0.05, 0.1) is 6.10 Å². The van der Waals surface area contributed by atoms with Crippen molar-refractivity contribution < 1.29 is 14.6 Å². The minimum absolute atomic E-state index is 0.0279. The summed E-state index contributed by atoms with van der Waals surface area (Å²) in [4.78, 5) is 0. The van der Waals surface area contributed by atoms with Gasteiger partial charge < -0.3 is 14.6 Å². The molecule has 94 valence electrons. The highest BCUT2D eigenvalue weighted by Crippen LogP contribution is 2.29. The van der Waals surface area contributed by atoms with Crippen LogP contribution in [0.3, 0.4) is 0 Å². The van der Waals surface area contributed by atoms with Gasteiger partial charge in [0, 0.05) is 13.5 Å². The van der Waals surface area contributed by atoms with Gasteiger partial charge in [-0.25, -0.2) is 0 Å². The van der Waals surface area contributed by atoms with E-state index in [4.69, 9.17) is 9.47 Å². The van der Waals surface area contributed by atoms with E-state index < -0.39 is 0 Å². The Morgan fingerprint density at radius 1 is 1.24 bits per heavy atom. The molecule has 3 heteroatoms. The van der Waals surface area contributed by atoms with Gasteiger partial charge >= 0.3 is 0 Å². The Labute approximate surface area is 102 Å². The number of rotatable bonds is 4. The maximum absolute atomic E-state index is 9.47. The first kappa shape index (κ1) is 12.4. The average Bonchev–Trinajstić information content (AvgIpc) is 2.29. The molecule has 1 saturated carbocycles. The molecule has 2 rings (SSSR count). The van der Waals surface area contributed by atoms with E-state index in [2.05, 4.69) is 26.0 Å². The number of ether oxygens (including phenoxy) is 2. The third-order valence-electron chi connectivity index (χ3n) is 3.33. The van der Waals surface area contributed by atoms with E-state index in [9.17, 15) is 5.11 Å². The van der Waals surface area contributed by atoms with Crippen molar-refractivity contribution in [3.8, 4) is 5.75 Å². The first-order valence-electron chi connectivity index (χ1n) is 6.09. The fourth-order valence-corrected chi connectivity index (χ4v) is 2.09. The predicted octanol–water partition coefficient (Wildman–Crippen LogP) is 2.34. The zero-order valence-electron chi connectivity index (χ0n) is 10.6. The summed E-state index contributed by atoms with van der Waals surface area (Å²) in [5, 5.41) is 9.47. The smallest absolute Gasteiger partial charge is 0.130 e. The van der Waals surface area contributed by atoms with Crippen molar-refractivity contribution in [1.29, 1.82) is 0 Å². The second-order valence-corrected chi connectivity index (χ2v) is 4.88. The lowest BCUT2D eigenvalue weighted by atomic mass is 9.88. The molecule has 1 aromatic rings. The molecule has 0 heterocycles. The van der Waals surface area contributed by atoms with Crippen LogP contribution >= 0.6 is 0 Å². The van der Waals surface area contributed by atoms with Crippen LogP contribution in [0.15, 0.2) is 24.3 Å². The van der Waals surface area contributed by atoms with Gasteiger partial charge in [0.1, 0.15) is 18.0 Å². The summed E-state index contributed by atoms with van der Waals surface area (Å²) >= 11 is 0. The molecular formula is C14H20O3. The summed E-state index contributed by atoms with van der Waals surface area (Å²) in [5.74, 6) is 1.37. The Morgan fingerprint density at radius 3 is 2.35 bits per heavy atom. The molecule has 0 amide bonds. The lowest BCUT2D eigenvalue weighted by Gasteiger charge is -2.40. The van der Waals surface area contributed by atoms with Crippen molar-refractivity contribution in [2.75, 3.05) is 7.11 Å². The molecule has 3 unspecified atom stereocenters. The van der Waals surface area contributed by atoms with Crippen LogP contribution in [0.2, 0.25) is 0 Å². The van der Waals surface area contributed by atoms with Gasteiger partial charge in [-0.3, -0.25) is 0 Å². The zero-order valence-corrected chi connectivity index (χ0v) is 10.6. The summed E-state index contributed by atoms with van der Waals surface area (Å²) in [6.07, 6.45) is 0.0318. The van der Waals surface area contributed by atoms with Crippen LogP contribution < -0.4 is 4.74 Å². The lowest BCUT2D eigenvalue weighted by Crippen LogP contribution is -2.54. The summed E-state index contributed by atoms with van der Waals surface area (Å²) in [6.45, 7) is 4.33. The fourth-order valence-electron chi connectivity index (χ4n) is 2.09. The van der Waals surface area contributed by atoms with Gasteiger partial charge in [0.2, 0.25) is 0 Å². The van der Waals surface area contributed by atoms with Crippen molar-refractivity contribution in [1.82, 2.24) is 0 Å². The Morgan fingerprint density at radius 2 is 1.88 bits per heavy atom. The van der Waals surface area contributed by atoms with E-state index in [0.717, 1.165) is 5.75 Å². The lowest BCUT2D eigenvalue weighted by molar-refractivity contribution is -0.149. The van der Waals surface area contributed by atoms with Gasteiger partial charge in [-0.15, -0.1) is 0 Å². The van der Waals surface area contributed by atoms with Crippen molar-refractivity contribution >= 4 is 0 Å². The van der Waals surface area contributed by atoms with E-state index in [0.29, 0.717) is 12.3 Å². The molecular weight excluding hydrogens is 216 g/mol. The molecule has 1 N–H and O–H groups in total. The van der Waals surface area contributed by atoms with E-state index in [-0.39, 0.29) is 18.3 Å². The van der Waals surface area contributed by atoms with E-state index in [1.807, 2.05) is 12.1 Å². The molecule has 1 aliphatic carbocycles. The highest BCUT2D eigenvalue weighted by atomic mass is 16.6. The van der Waals surface area contributed by atoms with Crippen LogP contribution in [0.5, 0.6) is 5.75 Å². The Balaban J connectivity index is 1.95. The molecule has 3 atom stereocenters. The summed E-state index contributed by atoms with van der Waals surface area (Å²) < 4.78 is 10.9. The maximum atomic E-state index is 9.47. The van der Waals surface area contributed by atoms with Gasteiger partial charge in [-0.05, 0) is 23.6 Å². The molecule has 1 aromatic carbocycles. The molecule has 0 bridgehead atoms. The SMILES string of the molecule is COC1C(O)CC1Oc1ccc(C(C)C)cc1. The molecule has 1 aliphatic rings. The standard InChI is InChI=1S/C14H20O3/c1-9(2)10-4-6-11(7-5-10)17-13-8-12(15)14(13)16-3/h4-7,9,12-15H,8H2,1-3H3. The Hall–Kier alpha value is -1.06. The van der Waals surface area contributed by atoms with Crippen molar-refractivity contribution in [2.24, 2.45) is 0 Å². The van der Waals surface area contributed by atoms with Gasteiger partial charge in [-0.2, -0.15) is 0 Å². The second-order valence-electron chi connectivity index (χ2n) is 4.88. The van der Waals surface area contributed by atoms with Gasteiger partial charge in [-0.1, -0.05) is 26.0 Å². The highest BCUT2D eigenvalue weighted by Gasteiger charge is 2.42. The van der Waals surface area contributed by atoms with E-state index in [1.165, 1.54) is 5.56 Å². The Kier molecular flexibility index (Phi) is 3.69. The zero-order chi connectivity index (χ0) is 12.4. The largest absolute Gasteiger partial charge is 0.488 e. The van der Waals surface area contributed by atoms with Crippen LogP contribution in [0, 0.1) is 0 Å². The van der Waals surface area contributed by atoms with Gasteiger partial charge in [0.25, 0.3) is 0 Å². The first-order valence-corrected chi connectivity index (χ1v) is 6.09. The molecule has 0 spiro atoms. The number of hydrogen-bond donors (Lipinski definition) is 1. The monoisotopic (exact) mass is 236 g/mol. The molecule has 0 aliphatic heterocycles. The molecule has 0 radical (unpaired) electrons. The minimum Gasteiger partial charge on any atom is -0.488 e. The molecule has 0 aromatic heterocycles. The van der Waals surface area contributed by atoms with Crippen LogP contribution in [0.1, 0.15) is 31.7 Å². The normalized spacial score (nSPS) is 27.9. The average molecular weight is 236 g/mol. The quantitative estimate of drug-likeness (QED) is 0.872. The maximum Gasteiger partial charge on any atom is 0.130 e. The number of hydrogen-bond acceptors (Lipinski definition) is 3. The van der Waals surface area contributed by atoms with Crippen LogP contribution in [0.4, 0.5) is 0 Å². The molecule has 17 heavy (non-hydrogen) atoms. The fraction of sp³-hybridized carbons (Fsp3) is 0.571. The molecule has 0 saturated heterocycles. The van der Waals surface area contributed by atoms with E-state index >= 15 is 0 Å². The topological polar surface area (TPSA) is 38.7 Å². The van der Waals surface area contributed by atoms with Crippen molar-refractivity contribution in [3.63, 3.8) is 0 Å². The van der Waals surface area contributed by atoms with Crippen LogP contribution in [-0.4, -0.2) is 30.5 Å². The second kappa shape index (κ2) is 5.07. The molecule has 1 fully saturated rings. The predicted molar refractivity (Wildman–Crippen MR) is 66.4 cm³/mol. The van der Waals surface area contributed by atoms with Crippen LogP contribution in [-0.2, 0) is 4.74 Å². The minimum atomic E-state index is -0.389. The summed E-state index contributed by atoms with van der Waals surface area (Å²) in [5.41, 5.74) is 1.30. The number of aliphatic hydroxyl groups excluding tert-OH is 1. The summed E-state index contributed by atoms with van der Waals surface area (Å²) in [6, 6.07) is 8.12. The first-order chi connectivity index (χ1) is 8.11. The third kappa shape index (κ3) is 2.61. The number of aliphatic hydroxyl groups is 1. The molecule has 3 nitrogen and oxygen atoms in total. The number of benzene rings is 1. The third-order valence-corrected chi connectivity index (χ3v) is 3.33. The Bertz CT molecular complexity index is 358.